The first kappa shape index (κ1) is 12.3. The van der Waals surface area contributed by atoms with E-state index in [9.17, 15) is 5.11 Å². The van der Waals surface area contributed by atoms with E-state index in [1.807, 2.05) is 25.6 Å². The summed E-state index contributed by atoms with van der Waals surface area (Å²) in [4.78, 5) is 0. The van der Waals surface area contributed by atoms with Crippen molar-refractivity contribution in [3.8, 4) is 0 Å². The maximum Gasteiger partial charge on any atom is 0.0599 e. The van der Waals surface area contributed by atoms with Crippen LogP contribution >= 0.6 is 11.8 Å². The average molecular weight is 191 g/mol. The molecule has 0 rings (SSSR count). The van der Waals surface area contributed by atoms with E-state index in [-0.39, 0.29) is 0 Å². The molecule has 0 spiro atoms. The van der Waals surface area contributed by atoms with Crippen LogP contribution in [-0.4, -0.2) is 28.3 Å². The maximum absolute atomic E-state index is 9.40. The number of hydrogen-bond donors (Lipinski definition) is 2. The molecule has 0 aromatic heterocycles. The van der Waals surface area contributed by atoms with Gasteiger partial charge in [0.1, 0.15) is 0 Å². The SMILES string of the molecule is CCC(N)CSCCC(C)(C)O. The molecule has 0 aliphatic rings. The van der Waals surface area contributed by atoms with Gasteiger partial charge in [0.25, 0.3) is 0 Å². The molecule has 0 heterocycles. The average Bonchev–Trinajstić information content (AvgIpc) is 1.96. The Morgan fingerprint density at radius 2 is 2.08 bits per heavy atom. The van der Waals surface area contributed by atoms with E-state index in [1.54, 1.807) is 0 Å². The Bertz CT molecular complexity index is 112. The zero-order chi connectivity index (χ0) is 9.61. The van der Waals surface area contributed by atoms with Gasteiger partial charge in [-0.1, -0.05) is 6.92 Å². The van der Waals surface area contributed by atoms with E-state index >= 15 is 0 Å². The van der Waals surface area contributed by atoms with Crippen molar-refractivity contribution >= 4 is 11.8 Å². The van der Waals surface area contributed by atoms with Crippen LogP contribution in [0.3, 0.4) is 0 Å². The number of rotatable bonds is 6. The minimum Gasteiger partial charge on any atom is -0.390 e. The van der Waals surface area contributed by atoms with E-state index in [1.165, 1.54) is 0 Å². The van der Waals surface area contributed by atoms with E-state index in [4.69, 9.17) is 5.73 Å². The second-order valence-electron chi connectivity index (χ2n) is 3.81. The first-order valence-corrected chi connectivity index (χ1v) is 5.67. The first-order valence-electron chi connectivity index (χ1n) is 4.51. The number of aliphatic hydroxyl groups is 1. The van der Waals surface area contributed by atoms with Gasteiger partial charge < -0.3 is 10.8 Å². The van der Waals surface area contributed by atoms with Crippen molar-refractivity contribution in [3.05, 3.63) is 0 Å². The predicted octanol–water partition coefficient (Wildman–Crippen LogP) is 1.62. The third kappa shape index (κ3) is 8.37. The van der Waals surface area contributed by atoms with Gasteiger partial charge in [0.15, 0.2) is 0 Å². The molecule has 0 bridgehead atoms. The highest BCUT2D eigenvalue weighted by Crippen LogP contribution is 2.13. The summed E-state index contributed by atoms with van der Waals surface area (Å²) in [5.74, 6) is 2.00. The van der Waals surface area contributed by atoms with Crippen LogP contribution in [0.5, 0.6) is 0 Å². The molecule has 2 nitrogen and oxygen atoms in total. The van der Waals surface area contributed by atoms with Crippen molar-refractivity contribution in [1.82, 2.24) is 0 Å². The Labute approximate surface area is 79.9 Å². The highest BCUT2D eigenvalue weighted by Gasteiger charge is 2.11. The highest BCUT2D eigenvalue weighted by atomic mass is 32.2. The van der Waals surface area contributed by atoms with Gasteiger partial charge in [-0.15, -0.1) is 0 Å². The smallest absolute Gasteiger partial charge is 0.0599 e. The third-order valence-corrected chi connectivity index (χ3v) is 2.87. The Balaban J connectivity index is 3.22. The van der Waals surface area contributed by atoms with Crippen LogP contribution in [0.25, 0.3) is 0 Å². The molecular weight excluding hydrogens is 170 g/mol. The number of hydrogen-bond acceptors (Lipinski definition) is 3. The lowest BCUT2D eigenvalue weighted by atomic mass is 10.1. The second-order valence-corrected chi connectivity index (χ2v) is 4.96. The number of nitrogens with two attached hydrogens (primary N) is 1. The van der Waals surface area contributed by atoms with Crippen LogP contribution in [0.2, 0.25) is 0 Å². The summed E-state index contributed by atoms with van der Waals surface area (Å²) in [5.41, 5.74) is 5.21. The molecule has 74 valence electrons. The third-order valence-electron chi connectivity index (χ3n) is 1.71. The molecule has 0 amide bonds. The number of thioether (sulfide) groups is 1. The normalized spacial score (nSPS) is 14.8. The quantitative estimate of drug-likeness (QED) is 0.627. The Hall–Kier alpha value is 0.270. The molecule has 12 heavy (non-hydrogen) atoms. The molecule has 0 saturated heterocycles. The van der Waals surface area contributed by atoms with Crippen molar-refractivity contribution in [2.24, 2.45) is 5.73 Å². The standard InChI is InChI=1S/C9H21NOS/c1-4-8(10)7-12-6-5-9(2,3)11/h8,11H,4-7,10H2,1-3H3. The maximum atomic E-state index is 9.40. The van der Waals surface area contributed by atoms with Gasteiger partial charge in [-0.2, -0.15) is 11.8 Å². The van der Waals surface area contributed by atoms with Crippen molar-refractivity contribution in [1.29, 1.82) is 0 Å². The molecule has 3 heteroatoms. The Morgan fingerprint density at radius 1 is 1.50 bits per heavy atom. The predicted molar refractivity (Wildman–Crippen MR) is 56.5 cm³/mol. The summed E-state index contributed by atoms with van der Waals surface area (Å²) < 4.78 is 0. The Morgan fingerprint density at radius 3 is 2.50 bits per heavy atom. The molecule has 0 aliphatic heterocycles. The van der Waals surface area contributed by atoms with E-state index in [0.717, 1.165) is 24.3 Å². The topological polar surface area (TPSA) is 46.2 Å². The Kier molecular flexibility index (Phi) is 5.97. The van der Waals surface area contributed by atoms with Gasteiger partial charge in [-0.05, 0) is 32.4 Å². The fourth-order valence-corrected chi connectivity index (χ4v) is 2.02. The molecule has 1 atom stereocenters. The molecule has 0 aromatic rings. The highest BCUT2D eigenvalue weighted by molar-refractivity contribution is 7.99. The van der Waals surface area contributed by atoms with Crippen LogP contribution in [-0.2, 0) is 0 Å². The second kappa shape index (κ2) is 5.84. The lowest BCUT2D eigenvalue weighted by molar-refractivity contribution is 0.0777. The van der Waals surface area contributed by atoms with Crippen molar-refractivity contribution in [2.45, 2.75) is 45.3 Å². The summed E-state index contributed by atoms with van der Waals surface area (Å²) in [7, 11) is 0. The fourth-order valence-electron chi connectivity index (χ4n) is 0.674. The fraction of sp³-hybridized carbons (Fsp3) is 1.00. The molecule has 0 aliphatic carbocycles. The van der Waals surface area contributed by atoms with Crippen molar-refractivity contribution in [2.75, 3.05) is 11.5 Å². The van der Waals surface area contributed by atoms with Crippen LogP contribution in [0.4, 0.5) is 0 Å². The summed E-state index contributed by atoms with van der Waals surface area (Å²) in [6, 6.07) is 0.316. The summed E-state index contributed by atoms with van der Waals surface area (Å²) >= 11 is 1.83. The van der Waals surface area contributed by atoms with Gasteiger partial charge in [-0.25, -0.2) is 0 Å². The minimum atomic E-state index is -0.524. The van der Waals surface area contributed by atoms with Crippen molar-refractivity contribution < 1.29 is 5.11 Å². The summed E-state index contributed by atoms with van der Waals surface area (Å²) in [6.07, 6.45) is 1.88. The van der Waals surface area contributed by atoms with Gasteiger partial charge in [0.2, 0.25) is 0 Å². The van der Waals surface area contributed by atoms with E-state index in [2.05, 4.69) is 6.92 Å². The molecule has 1 unspecified atom stereocenters. The van der Waals surface area contributed by atoms with Crippen LogP contribution < -0.4 is 5.73 Å². The van der Waals surface area contributed by atoms with Gasteiger partial charge >= 0.3 is 0 Å². The molecule has 3 N–H and O–H groups in total. The zero-order valence-corrected chi connectivity index (χ0v) is 9.16. The minimum absolute atomic E-state index is 0.316. The van der Waals surface area contributed by atoms with Crippen LogP contribution in [0.15, 0.2) is 0 Å². The molecule has 0 saturated carbocycles. The van der Waals surface area contributed by atoms with Crippen molar-refractivity contribution in [3.63, 3.8) is 0 Å². The van der Waals surface area contributed by atoms with E-state index < -0.39 is 5.60 Å². The van der Waals surface area contributed by atoms with Crippen LogP contribution in [0, 0.1) is 0 Å². The zero-order valence-electron chi connectivity index (χ0n) is 8.34. The molecule has 0 radical (unpaired) electrons. The van der Waals surface area contributed by atoms with Gasteiger partial charge in [0, 0.05) is 11.8 Å². The van der Waals surface area contributed by atoms with Gasteiger partial charge in [0.05, 0.1) is 5.60 Å². The molecular formula is C9H21NOS. The van der Waals surface area contributed by atoms with E-state index in [0.29, 0.717) is 6.04 Å². The van der Waals surface area contributed by atoms with Gasteiger partial charge in [-0.3, -0.25) is 0 Å². The summed E-state index contributed by atoms with van der Waals surface area (Å²) in [6.45, 7) is 5.78. The lowest BCUT2D eigenvalue weighted by Gasteiger charge is -2.16. The monoisotopic (exact) mass is 191 g/mol. The summed E-state index contributed by atoms with van der Waals surface area (Å²) in [5, 5.41) is 9.40. The lowest BCUT2D eigenvalue weighted by Crippen LogP contribution is -2.23. The largest absolute Gasteiger partial charge is 0.390 e. The molecule has 0 aromatic carbocycles. The first-order chi connectivity index (χ1) is 5.45. The van der Waals surface area contributed by atoms with Crippen LogP contribution in [0.1, 0.15) is 33.6 Å². The molecule has 0 fully saturated rings.